The van der Waals surface area contributed by atoms with Crippen LogP contribution in [0.1, 0.15) is 0 Å². The lowest BCUT2D eigenvalue weighted by Gasteiger charge is -1.97. The van der Waals surface area contributed by atoms with Gasteiger partial charge in [0.1, 0.15) is 0 Å². The molecule has 4 heterocycles. The van der Waals surface area contributed by atoms with E-state index in [2.05, 4.69) is 72.1 Å². The van der Waals surface area contributed by atoms with Crippen molar-refractivity contribution in [2.24, 2.45) is 0 Å². The molecule has 0 saturated carbocycles. The fourth-order valence-electron chi connectivity index (χ4n) is 4.87. The summed E-state index contributed by atoms with van der Waals surface area (Å²) in [6.45, 7) is 0. The van der Waals surface area contributed by atoms with Gasteiger partial charge in [0.15, 0.2) is 0 Å². The van der Waals surface area contributed by atoms with Gasteiger partial charge in [0.2, 0.25) is 0 Å². The van der Waals surface area contributed by atoms with E-state index in [-0.39, 0.29) is 0 Å². The highest BCUT2D eigenvalue weighted by molar-refractivity contribution is 7.32. The Morgan fingerprint density at radius 1 is 0.433 bits per heavy atom. The number of benzene rings is 4. The molecule has 0 radical (unpaired) electrons. The molecule has 0 amide bonds. The van der Waals surface area contributed by atoms with Crippen LogP contribution in [0.25, 0.3) is 70.6 Å². The van der Waals surface area contributed by atoms with Crippen LogP contribution in [-0.2, 0) is 0 Å². The van der Waals surface area contributed by atoms with Crippen molar-refractivity contribution in [2.75, 3.05) is 0 Å². The first kappa shape index (κ1) is 16.2. The standard InChI is InChI=1S/C26H12S4/c1-2-4-17-14(3-1)21-18(28-17)9-6-16-23-20(30-25(16)21)10-7-15-22-19(29-26(15)23)8-5-13-11-12-27-24(13)22/h1-12H. The summed E-state index contributed by atoms with van der Waals surface area (Å²) in [7, 11) is 0. The van der Waals surface area contributed by atoms with Gasteiger partial charge in [-0.15, -0.1) is 45.3 Å². The summed E-state index contributed by atoms with van der Waals surface area (Å²) >= 11 is 7.68. The monoisotopic (exact) mass is 452 g/mol. The minimum atomic E-state index is 1.36. The maximum absolute atomic E-state index is 2.36. The molecule has 4 aromatic carbocycles. The van der Waals surface area contributed by atoms with E-state index in [4.69, 9.17) is 0 Å². The molecule has 0 fully saturated rings. The van der Waals surface area contributed by atoms with Gasteiger partial charge in [-0.3, -0.25) is 0 Å². The summed E-state index contributed by atoms with van der Waals surface area (Å²) in [5.74, 6) is 0. The minimum absolute atomic E-state index is 1.36. The second-order valence-electron chi connectivity index (χ2n) is 7.71. The smallest absolute Gasteiger partial charge is 0.0449 e. The Labute approximate surface area is 187 Å². The highest BCUT2D eigenvalue weighted by Gasteiger charge is 2.18. The van der Waals surface area contributed by atoms with Gasteiger partial charge in [-0.05, 0) is 41.1 Å². The fourth-order valence-corrected chi connectivity index (χ4v) is 9.68. The summed E-state index contributed by atoms with van der Waals surface area (Å²) in [5, 5.41) is 12.1. The van der Waals surface area contributed by atoms with E-state index in [0.29, 0.717) is 0 Å². The molecule has 4 heteroatoms. The van der Waals surface area contributed by atoms with E-state index in [1.807, 2.05) is 45.3 Å². The SMILES string of the molecule is c1ccc2c(c1)sc1ccc3c(sc4ccc5c(sc6ccc7ccsc7c65)c43)c12. The quantitative estimate of drug-likeness (QED) is 0.215. The van der Waals surface area contributed by atoms with E-state index in [9.17, 15) is 0 Å². The fraction of sp³-hybridized carbons (Fsp3) is 0. The largest absolute Gasteiger partial charge is 0.143 e. The molecule has 0 unspecified atom stereocenters. The van der Waals surface area contributed by atoms with Crippen molar-refractivity contribution in [1.29, 1.82) is 0 Å². The number of fused-ring (bicyclic) bond motifs is 13. The van der Waals surface area contributed by atoms with Crippen LogP contribution in [0.3, 0.4) is 0 Å². The van der Waals surface area contributed by atoms with Crippen LogP contribution in [-0.4, -0.2) is 0 Å². The third-order valence-electron chi connectivity index (χ3n) is 6.16. The van der Waals surface area contributed by atoms with Gasteiger partial charge in [-0.25, -0.2) is 0 Å². The Morgan fingerprint density at radius 2 is 1.07 bits per heavy atom. The van der Waals surface area contributed by atoms with E-state index < -0.39 is 0 Å². The van der Waals surface area contributed by atoms with E-state index >= 15 is 0 Å². The van der Waals surface area contributed by atoms with Crippen LogP contribution < -0.4 is 0 Å². The van der Waals surface area contributed by atoms with Crippen molar-refractivity contribution in [3.8, 4) is 0 Å². The molecule has 0 nitrogen and oxygen atoms in total. The van der Waals surface area contributed by atoms with Gasteiger partial charge in [0.25, 0.3) is 0 Å². The molecule has 0 bridgehead atoms. The van der Waals surface area contributed by atoms with Gasteiger partial charge in [0.05, 0.1) is 0 Å². The first-order chi connectivity index (χ1) is 14.9. The number of hydrogen-bond donors (Lipinski definition) is 0. The lowest BCUT2D eigenvalue weighted by molar-refractivity contribution is 1.87. The molecule has 0 N–H and O–H groups in total. The summed E-state index contributed by atoms with van der Waals surface area (Å²) in [6, 6.07) is 25.0. The molecule has 4 aromatic heterocycles. The predicted molar refractivity (Wildman–Crippen MR) is 140 cm³/mol. The number of hydrogen-bond acceptors (Lipinski definition) is 4. The van der Waals surface area contributed by atoms with E-state index in [1.54, 1.807) is 0 Å². The Hall–Kier alpha value is -2.50. The average molecular weight is 453 g/mol. The van der Waals surface area contributed by atoms with Gasteiger partial charge in [-0.1, -0.05) is 36.4 Å². The summed E-state index contributed by atoms with van der Waals surface area (Å²) in [4.78, 5) is 0. The van der Waals surface area contributed by atoms with Crippen molar-refractivity contribution in [1.82, 2.24) is 0 Å². The van der Waals surface area contributed by atoms with Gasteiger partial charge < -0.3 is 0 Å². The Balaban J connectivity index is 1.63. The van der Waals surface area contributed by atoms with Gasteiger partial charge in [0, 0.05) is 65.2 Å². The first-order valence-electron chi connectivity index (χ1n) is 9.85. The normalized spacial score (nSPS) is 12.7. The Morgan fingerprint density at radius 3 is 1.87 bits per heavy atom. The van der Waals surface area contributed by atoms with Gasteiger partial charge >= 0.3 is 0 Å². The van der Waals surface area contributed by atoms with Crippen LogP contribution in [0.4, 0.5) is 0 Å². The third kappa shape index (κ3) is 1.91. The molecule has 0 atom stereocenters. The van der Waals surface area contributed by atoms with Crippen LogP contribution in [0.2, 0.25) is 0 Å². The maximum atomic E-state index is 2.36. The summed E-state index contributed by atoms with van der Waals surface area (Å²) in [5.41, 5.74) is 0. The van der Waals surface area contributed by atoms with Crippen molar-refractivity contribution in [2.45, 2.75) is 0 Å². The Kier molecular flexibility index (Phi) is 3.03. The summed E-state index contributed by atoms with van der Waals surface area (Å²) < 4.78 is 9.86. The topological polar surface area (TPSA) is 0 Å². The van der Waals surface area contributed by atoms with Crippen LogP contribution in [0, 0.1) is 0 Å². The molecule has 8 rings (SSSR count). The van der Waals surface area contributed by atoms with Crippen molar-refractivity contribution in [3.05, 3.63) is 72.1 Å². The van der Waals surface area contributed by atoms with Crippen molar-refractivity contribution in [3.63, 3.8) is 0 Å². The number of thiophene rings is 4. The van der Waals surface area contributed by atoms with Gasteiger partial charge in [-0.2, -0.15) is 0 Å². The molecule has 0 aliphatic heterocycles. The lowest BCUT2D eigenvalue weighted by Crippen LogP contribution is -1.70. The minimum Gasteiger partial charge on any atom is -0.143 e. The van der Waals surface area contributed by atoms with E-state index in [1.165, 1.54) is 70.6 Å². The molecule has 8 aromatic rings. The molecule has 0 aliphatic carbocycles. The van der Waals surface area contributed by atoms with E-state index in [0.717, 1.165) is 0 Å². The molecular formula is C26H12S4. The van der Waals surface area contributed by atoms with Crippen molar-refractivity contribution >= 4 is 116 Å². The second-order valence-corrected chi connectivity index (χ2v) is 11.8. The zero-order valence-electron chi connectivity index (χ0n) is 15.6. The van der Waals surface area contributed by atoms with Crippen LogP contribution in [0.15, 0.2) is 72.1 Å². The Bertz CT molecular complexity index is 1960. The molecule has 0 spiro atoms. The molecule has 0 aliphatic rings. The molecule has 0 saturated heterocycles. The molecule has 30 heavy (non-hydrogen) atoms. The highest BCUT2D eigenvalue weighted by Crippen LogP contribution is 2.49. The second kappa shape index (κ2) is 5.59. The lowest BCUT2D eigenvalue weighted by atomic mass is 10.1. The van der Waals surface area contributed by atoms with Crippen LogP contribution in [0.5, 0.6) is 0 Å². The zero-order valence-corrected chi connectivity index (χ0v) is 18.8. The predicted octanol–water partition coefficient (Wildman–Crippen LogP) is 10.0. The zero-order chi connectivity index (χ0) is 19.4. The summed E-state index contributed by atoms with van der Waals surface area (Å²) in [6.07, 6.45) is 0. The number of rotatable bonds is 0. The maximum Gasteiger partial charge on any atom is 0.0449 e. The first-order valence-corrected chi connectivity index (χ1v) is 13.2. The third-order valence-corrected chi connectivity index (χ3v) is 10.6. The highest BCUT2D eigenvalue weighted by atomic mass is 32.1. The molecular weight excluding hydrogens is 441 g/mol. The van der Waals surface area contributed by atoms with Crippen molar-refractivity contribution < 1.29 is 0 Å². The molecule has 140 valence electrons. The van der Waals surface area contributed by atoms with Crippen LogP contribution >= 0.6 is 45.3 Å². The average Bonchev–Trinajstić information content (AvgIpc) is 3.52.